The molecule has 8 heteroatoms. The summed E-state index contributed by atoms with van der Waals surface area (Å²) in [5.41, 5.74) is 2.27. The predicted octanol–water partition coefficient (Wildman–Crippen LogP) is 3.77. The molecule has 1 heterocycles. The molecule has 0 aliphatic rings. The molecule has 0 bridgehead atoms. The minimum atomic E-state index is -0.472. The topological polar surface area (TPSA) is 63.8 Å². The van der Waals surface area contributed by atoms with Crippen molar-refractivity contribution in [3.8, 4) is 5.75 Å². The van der Waals surface area contributed by atoms with E-state index >= 15 is 0 Å². The molecule has 2 aromatic rings. The van der Waals surface area contributed by atoms with E-state index in [9.17, 15) is 4.79 Å². The van der Waals surface area contributed by atoms with Gasteiger partial charge in [0.05, 0.1) is 22.5 Å². The first-order valence-corrected chi connectivity index (χ1v) is 6.82. The van der Waals surface area contributed by atoms with E-state index in [2.05, 4.69) is 10.5 Å². The zero-order valence-electron chi connectivity index (χ0n) is 10.5. The van der Waals surface area contributed by atoms with E-state index in [4.69, 9.17) is 44.0 Å². The Balaban J connectivity index is 1.87. The van der Waals surface area contributed by atoms with Gasteiger partial charge in [-0.1, -0.05) is 34.8 Å². The van der Waals surface area contributed by atoms with Gasteiger partial charge in [-0.05, 0) is 24.3 Å². The average molecular weight is 348 g/mol. The van der Waals surface area contributed by atoms with Gasteiger partial charge in [-0.15, -0.1) is 0 Å². The molecule has 0 unspecified atom stereocenters. The van der Waals surface area contributed by atoms with Crippen molar-refractivity contribution in [3.63, 3.8) is 0 Å². The van der Waals surface area contributed by atoms with Crippen LogP contribution in [0.4, 0.5) is 0 Å². The number of carbonyl (C=O) groups excluding carboxylic acids is 1. The molecule has 110 valence electrons. The minimum absolute atomic E-state index is 0.188. The molecule has 0 spiro atoms. The van der Waals surface area contributed by atoms with E-state index in [-0.39, 0.29) is 22.4 Å². The number of halogens is 3. The molecule has 0 aliphatic heterocycles. The zero-order chi connectivity index (χ0) is 15.2. The molecule has 1 aromatic heterocycles. The van der Waals surface area contributed by atoms with Crippen LogP contribution in [0.5, 0.6) is 5.75 Å². The second kappa shape index (κ2) is 7.36. The van der Waals surface area contributed by atoms with Gasteiger partial charge in [0.1, 0.15) is 5.76 Å². The van der Waals surface area contributed by atoms with E-state index in [1.165, 1.54) is 24.6 Å². The maximum absolute atomic E-state index is 11.5. The third-order valence-corrected chi connectivity index (χ3v) is 3.01. The van der Waals surface area contributed by atoms with Gasteiger partial charge in [-0.25, -0.2) is 5.43 Å². The third kappa shape index (κ3) is 4.67. The number of hydrogen-bond acceptors (Lipinski definition) is 4. The Bertz CT molecular complexity index is 634. The van der Waals surface area contributed by atoms with Crippen LogP contribution in [0.3, 0.4) is 0 Å². The monoisotopic (exact) mass is 346 g/mol. The van der Waals surface area contributed by atoms with Crippen molar-refractivity contribution in [1.29, 1.82) is 0 Å². The normalized spacial score (nSPS) is 10.8. The average Bonchev–Trinajstić information content (AvgIpc) is 2.90. The SMILES string of the molecule is O=C(COc1c(Cl)cc(Cl)cc1Cl)N/N=C/c1ccco1. The highest BCUT2D eigenvalue weighted by atomic mass is 35.5. The lowest BCUT2D eigenvalue weighted by Gasteiger charge is -2.09. The molecule has 2 rings (SSSR count). The Morgan fingerprint density at radius 2 is 2.05 bits per heavy atom. The summed E-state index contributed by atoms with van der Waals surface area (Å²) in [5, 5.41) is 4.52. The zero-order valence-corrected chi connectivity index (χ0v) is 12.7. The summed E-state index contributed by atoms with van der Waals surface area (Å²) in [6.07, 6.45) is 2.86. The Kier molecular flexibility index (Phi) is 5.50. The highest BCUT2D eigenvalue weighted by Gasteiger charge is 2.11. The Morgan fingerprint density at radius 1 is 1.33 bits per heavy atom. The van der Waals surface area contributed by atoms with Gasteiger partial charge < -0.3 is 9.15 Å². The van der Waals surface area contributed by atoms with Gasteiger partial charge in [0.25, 0.3) is 5.91 Å². The standard InChI is InChI=1S/C13H9Cl3N2O3/c14-8-4-10(15)13(11(16)5-8)21-7-12(19)18-17-6-9-2-1-3-20-9/h1-6H,7H2,(H,18,19)/b17-6+. The van der Waals surface area contributed by atoms with Crippen molar-refractivity contribution in [2.75, 3.05) is 6.61 Å². The van der Waals surface area contributed by atoms with Crippen LogP contribution in [0.1, 0.15) is 5.76 Å². The fourth-order valence-corrected chi connectivity index (χ4v) is 2.30. The lowest BCUT2D eigenvalue weighted by atomic mass is 10.3. The number of hydrogen-bond donors (Lipinski definition) is 1. The van der Waals surface area contributed by atoms with E-state index < -0.39 is 5.91 Å². The summed E-state index contributed by atoms with van der Waals surface area (Å²) in [5.74, 6) is 0.229. The molecule has 0 saturated carbocycles. The molecule has 0 atom stereocenters. The predicted molar refractivity (Wildman–Crippen MR) is 81.4 cm³/mol. The molecular formula is C13H9Cl3N2O3. The summed E-state index contributed by atoms with van der Waals surface area (Å²) in [6.45, 7) is -0.295. The molecule has 0 radical (unpaired) electrons. The highest BCUT2D eigenvalue weighted by molar-refractivity contribution is 6.40. The Morgan fingerprint density at radius 3 is 2.67 bits per heavy atom. The second-order valence-corrected chi connectivity index (χ2v) is 5.05. The number of carbonyl (C=O) groups is 1. The molecule has 0 aliphatic carbocycles. The minimum Gasteiger partial charge on any atom is -0.481 e. The third-order valence-electron chi connectivity index (χ3n) is 2.23. The summed E-state index contributed by atoms with van der Waals surface area (Å²) in [4.78, 5) is 11.5. The summed E-state index contributed by atoms with van der Waals surface area (Å²) >= 11 is 17.6. The van der Waals surface area contributed by atoms with Crippen molar-refractivity contribution >= 4 is 46.9 Å². The molecule has 0 fully saturated rings. The lowest BCUT2D eigenvalue weighted by molar-refractivity contribution is -0.123. The fraction of sp³-hybridized carbons (Fsp3) is 0.0769. The molecule has 1 N–H and O–H groups in total. The quantitative estimate of drug-likeness (QED) is 0.661. The van der Waals surface area contributed by atoms with Crippen LogP contribution in [0.25, 0.3) is 0 Å². The maximum Gasteiger partial charge on any atom is 0.277 e. The second-order valence-electron chi connectivity index (χ2n) is 3.80. The first-order chi connectivity index (χ1) is 10.1. The van der Waals surface area contributed by atoms with E-state index in [0.29, 0.717) is 10.8 Å². The van der Waals surface area contributed by atoms with Crippen LogP contribution in [0, 0.1) is 0 Å². The van der Waals surface area contributed by atoms with Gasteiger partial charge >= 0.3 is 0 Å². The number of rotatable bonds is 5. The Labute approximate surface area is 135 Å². The summed E-state index contributed by atoms with van der Waals surface area (Å²) < 4.78 is 10.2. The molecule has 5 nitrogen and oxygen atoms in total. The lowest BCUT2D eigenvalue weighted by Crippen LogP contribution is -2.24. The van der Waals surface area contributed by atoms with Crippen LogP contribution in [0.15, 0.2) is 40.0 Å². The van der Waals surface area contributed by atoms with Gasteiger partial charge in [-0.3, -0.25) is 4.79 Å². The number of furan rings is 1. The van der Waals surface area contributed by atoms with E-state index in [0.717, 1.165) is 0 Å². The molecule has 21 heavy (non-hydrogen) atoms. The van der Waals surface area contributed by atoms with Gasteiger partial charge in [0.15, 0.2) is 12.4 Å². The number of benzene rings is 1. The smallest absolute Gasteiger partial charge is 0.277 e. The molecule has 1 aromatic carbocycles. The first kappa shape index (κ1) is 15.7. The van der Waals surface area contributed by atoms with Crippen molar-refractivity contribution in [2.24, 2.45) is 5.10 Å². The van der Waals surface area contributed by atoms with Crippen LogP contribution in [-0.2, 0) is 4.79 Å². The van der Waals surface area contributed by atoms with Gasteiger partial charge in [0.2, 0.25) is 0 Å². The largest absolute Gasteiger partial charge is 0.481 e. The summed E-state index contributed by atoms with van der Waals surface area (Å²) in [6, 6.07) is 6.34. The van der Waals surface area contributed by atoms with Crippen LogP contribution in [0.2, 0.25) is 15.1 Å². The van der Waals surface area contributed by atoms with Crippen LogP contribution in [-0.4, -0.2) is 18.7 Å². The molecular weight excluding hydrogens is 339 g/mol. The van der Waals surface area contributed by atoms with E-state index in [1.54, 1.807) is 12.1 Å². The number of amides is 1. The summed E-state index contributed by atoms with van der Waals surface area (Å²) in [7, 11) is 0. The van der Waals surface area contributed by atoms with Crippen molar-refractivity contribution in [2.45, 2.75) is 0 Å². The number of ether oxygens (including phenoxy) is 1. The fourth-order valence-electron chi connectivity index (χ4n) is 1.37. The van der Waals surface area contributed by atoms with Crippen LogP contribution >= 0.6 is 34.8 Å². The molecule has 1 amide bonds. The number of nitrogens with zero attached hydrogens (tertiary/aromatic N) is 1. The molecule has 0 saturated heterocycles. The van der Waals surface area contributed by atoms with Crippen LogP contribution < -0.4 is 10.2 Å². The van der Waals surface area contributed by atoms with E-state index in [1.807, 2.05) is 0 Å². The van der Waals surface area contributed by atoms with Gasteiger partial charge in [0, 0.05) is 5.02 Å². The highest BCUT2D eigenvalue weighted by Crippen LogP contribution is 2.35. The van der Waals surface area contributed by atoms with Crippen molar-refractivity contribution in [1.82, 2.24) is 5.43 Å². The first-order valence-electron chi connectivity index (χ1n) is 5.69. The maximum atomic E-state index is 11.5. The number of nitrogens with one attached hydrogen (secondary N) is 1. The Hall–Kier alpha value is -1.69. The van der Waals surface area contributed by atoms with Crippen molar-refractivity contribution < 1.29 is 13.9 Å². The van der Waals surface area contributed by atoms with Crippen molar-refractivity contribution in [3.05, 3.63) is 51.4 Å². The number of hydrazone groups is 1. The van der Waals surface area contributed by atoms with Gasteiger partial charge in [-0.2, -0.15) is 5.10 Å².